The summed E-state index contributed by atoms with van der Waals surface area (Å²) in [5, 5.41) is 14.9. The number of hydrogen-bond donors (Lipinski definition) is 2. The SMILES string of the molecule is Cn1nnnc1-c1cccc(NC(=O)CCCc2nc3ccccc3c(=O)[nH]2)c1. The van der Waals surface area contributed by atoms with Gasteiger partial charge in [0.2, 0.25) is 5.91 Å². The molecule has 0 spiro atoms. The number of benzene rings is 2. The third kappa shape index (κ3) is 4.18. The lowest BCUT2D eigenvalue weighted by atomic mass is 10.1. The number of aromatic nitrogens is 6. The number of amides is 1. The second-order valence-electron chi connectivity index (χ2n) is 6.64. The molecule has 0 fully saturated rings. The Morgan fingerprint density at radius 2 is 2.03 bits per heavy atom. The van der Waals surface area contributed by atoms with Crippen molar-refractivity contribution < 1.29 is 4.79 Å². The van der Waals surface area contributed by atoms with Gasteiger partial charge in [-0.2, -0.15) is 0 Å². The Labute approximate surface area is 165 Å². The quantitative estimate of drug-likeness (QED) is 0.521. The van der Waals surface area contributed by atoms with Gasteiger partial charge in [-0.1, -0.05) is 24.3 Å². The molecule has 29 heavy (non-hydrogen) atoms. The molecular formula is C20H19N7O2. The van der Waals surface area contributed by atoms with E-state index in [1.165, 1.54) is 0 Å². The van der Waals surface area contributed by atoms with Gasteiger partial charge in [0, 0.05) is 31.1 Å². The van der Waals surface area contributed by atoms with E-state index >= 15 is 0 Å². The lowest BCUT2D eigenvalue weighted by Gasteiger charge is -2.07. The van der Waals surface area contributed by atoms with Crippen molar-refractivity contribution in [1.29, 1.82) is 0 Å². The van der Waals surface area contributed by atoms with Crippen LogP contribution in [0.4, 0.5) is 5.69 Å². The monoisotopic (exact) mass is 389 g/mol. The lowest BCUT2D eigenvalue weighted by molar-refractivity contribution is -0.116. The number of fused-ring (bicyclic) bond motifs is 1. The molecule has 1 amide bonds. The van der Waals surface area contributed by atoms with Crippen LogP contribution in [0.25, 0.3) is 22.3 Å². The Morgan fingerprint density at radius 1 is 1.17 bits per heavy atom. The summed E-state index contributed by atoms with van der Waals surface area (Å²) >= 11 is 0. The zero-order chi connectivity index (χ0) is 20.2. The Bertz CT molecular complexity index is 1230. The molecular weight excluding hydrogens is 370 g/mol. The molecule has 0 aliphatic rings. The van der Waals surface area contributed by atoms with Gasteiger partial charge >= 0.3 is 0 Å². The summed E-state index contributed by atoms with van der Waals surface area (Å²) < 4.78 is 1.57. The number of H-pyrrole nitrogens is 1. The standard InChI is InChI=1S/C20H19N7O2/c1-27-19(24-25-26-27)13-6-4-7-14(12-13)21-18(28)11-5-10-17-22-16-9-3-2-8-15(16)20(29)23-17/h2-4,6-9,12H,5,10-11H2,1H3,(H,21,28)(H,22,23,29). The lowest BCUT2D eigenvalue weighted by Crippen LogP contribution is -2.14. The van der Waals surface area contributed by atoms with Crippen molar-refractivity contribution in [3.8, 4) is 11.4 Å². The molecule has 0 aliphatic carbocycles. The zero-order valence-corrected chi connectivity index (χ0v) is 15.8. The number of aryl methyl sites for hydroxylation is 2. The predicted molar refractivity (Wildman–Crippen MR) is 108 cm³/mol. The van der Waals surface area contributed by atoms with E-state index < -0.39 is 0 Å². The fraction of sp³-hybridized carbons (Fsp3) is 0.200. The number of carbonyl (C=O) groups excluding carboxylic acids is 1. The summed E-state index contributed by atoms with van der Waals surface area (Å²) in [5.41, 5.74) is 1.98. The van der Waals surface area contributed by atoms with Crippen LogP contribution in [0.3, 0.4) is 0 Å². The number of nitrogens with zero attached hydrogens (tertiary/aromatic N) is 5. The maximum absolute atomic E-state index is 12.3. The molecule has 2 heterocycles. The maximum atomic E-state index is 12.3. The van der Waals surface area contributed by atoms with E-state index in [-0.39, 0.29) is 11.5 Å². The number of hydrogen-bond acceptors (Lipinski definition) is 6. The van der Waals surface area contributed by atoms with Crippen LogP contribution in [0.2, 0.25) is 0 Å². The van der Waals surface area contributed by atoms with Gasteiger partial charge in [0.15, 0.2) is 5.82 Å². The van der Waals surface area contributed by atoms with E-state index in [0.29, 0.717) is 47.5 Å². The Hall–Kier alpha value is -3.88. The van der Waals surface area contributed by atoms with Crippen molar-refractivity contribution in [2.24, 2.45) is 7.05 Å². The summed E-state index contributed by atoms with van der Waals surface area (Å²) in [6.07, 6.45) is 1.39. The number of para-hydroxylation sites is 1. The summed E-state index contributed by atoms with van der Waals surface area (Å²) in [4.78, 5) is 31.6. The fourth-order valence-corrected chi connectivity index (χ4v) is 3.10. The minimum absolute atomic E-state index is 0.110. The fourth-order valence-electron chi connectivity index (χ4n) is 3.10. The van der Waals surface area contributed by atoms with Crippen molar-refractivity contribution in [2.45, 2.75) is 19.3 Å². The van der Waals surface area contributed by atoms with Crippen LogP contribution in [-0.2, 0) is 18.3 Å². The van der Waals surface area contributed by atoms with Gasteiger partial charge in [-0.15, -0.1) is 5.10 Å². The Morgan fingerprint density at radius 3 is 2.86 bits per heavy atom. The van der Waals surface area contributed by atoms with Gasteiger partial charge in [-0.3, -0.25) is 9.59 Å². The van der Waals surface area contributed by atoms with E-state index in [2.05, 4.69) is 30.8 Å². The largest absolute Gasteiger partial charge is 0.326 e. The van der Waals surface area contributed by atoms with Crippen molar-refractivity contribution in [1.82, 2.24) is 30.2 Å². The third-order valence-corrected chi connectivity index (χ3v) is 4.50. The van der Waals surface area contributed by atoms with Gasteiger partial charge in [-0.05, 0) is 41.1 Å². The molecule has 4 rings (SSSR count). The van der Waals surface area contributed by atoms with Crippen LogP contribution in [0, 0.1) is 0 Å². The molecule has 0 radical (unpaired) electrons. The molecule has 0 unspecified atom stereocenters. The van der Waals surface area contributed by atoms with Gasteiger partial charge in [-0.25, -0.2) is 9.67 Å². The van der Waals surface area contributed by atoms with Crippen molar-refractivity contribution in [2.75, 3.05) is 5.32 Å². The number of carbonyl (C=O) groups is 1. The van der Waals surface area contributed by atoms with Crippen molar-refractivity contribution in [3.63, 3.8) is 0 Å². The molecule has 146 valence electrons. The predicted octanol–water partition coefficient (Wildman–Crippen LogP) is 2.07. The highest BCUT2D eigenvalue weighted by molar-refractivity contribution is 5.91. The summed E-state index contributed by atoms with van der Waals surface area (Å²) in [6, 6.07) is 14.5. The molecule has 0 aliphatic heterocycles. The average Bonchev–Trinajstić information content (AvgIpc) is 3.14. The molecule has 2 aromatic carbocycles. The average molecular weight is 389 g/mol. The van der Waals surface area contributed by atoms with Crippen LogP contribution in [0.1, 0.15) is 18.7 Å². The van der Waals surface area contributed by atoms with Crippen LogP contribution < -0.4 is 10.9 Å². The molecule has 4 aromatic rings. The van der Waals surface area contributed by atoms with Gasteiger partial charge in [0.05, 0.1) is 10.9 Å². The van der Waals surface area contributed by atoms with Crippen LogP contribution in [0.5, 0.6) is 0 Å². The smallest absolute Gasteiger partial charge is 0.258 e. The summed E-state index contributed by atoms with van der Waals surface area (Å²) in [7, 11) is 1.76. The second kappa shape index (κ2) is 8.01. The molecule has 0 atom stereocenters. The highest BCUT2D eigenvalue weighted by atomic mass is 16.1. The van der Waals surface area contributed by atoms with Crippen molar-refractivity contribution >= 4 is 22.5 Å². The number of anilines is 1. The molecule has 2 aromatic heterocycles. The number of tetrazole rings is 1. The van der Waals surface area contributed by atoms with E-state index in [9.17, 15) is 9.59 Å². The van der Waals surface area contributed by atoms with Gasteiger partial charge < -0.3 is 10.3 Å². The third-order valence-electron chi connectivity index (χ3n) is 4.50. The first kappa shape index (κ1) is 18.5. The number of aromatic amines is 1. The van der Waals surface area contributed by atoms with Gasteiger partial charge in [0.1, 0.15) is 5.82 Å². The van der Waals surface area contributed by atoms with Crippen LogP contribution in [0.15, 0.2) is 53.3 Å². The normalized spacial score (nSPS) is 10.9. The minimum Gasteiger partial charge on any atom is -0.326 e. The summed E-state index contributed by atoms with van der Waals surface area (Å²) in [5.74, 6) is 1.09. The summed E-state index contributed by atoms with van der Waals surface area (Å²) in [6.45, 7) is 0. The molecule has 0 bridgehead atoms. The van der Waals surface area contributed by atoms with E-state index in [1.54, 1.807) is 29.9 Å². The highest BCUT2D eigenvalue weighted by Crippen LogP contribution is 2.19. The highest BCUT2D eigenvalue weighted by Gasteiger charge is 2.09. The Kier molecular flexibility index (Phi) is 5.10. The van der Waals surface area contributed by atoms with Crippen molar-refractivity contribution in [3.05, 3.63) is 64.7 Å². The first-order valence-electron chi connectivity index (χ1n) is 9.21. The Balaban J connectivity index is 1.36. The van der Waals surface area contributed by atoms with E-state index in [1.807, 2.05) is 30.3 Å². The first-order valence-corrected chi connectivity index (χ1v) is 9.21. The van der Waals surface area contributed by atoms with Crippen LogP contribution in [-0.4, -0.2) is 36.1 Å². The maximum Gasteiger partial charge on any atom is 0.258 e. The van der Waals surface area contributed by atoms with Crippen LogP contribution >= 0.6 is 0 Å². The molecule has 0 saturated heterocycles. The van der Waals surface area contributed by atoms with E-state index in [0.717, 1.165) is 5.56 Å². The number of nitrogens with one attached hydrogen (secondary N) is 2. The molecule has 9 nitrogen and oxygen atoms in total. The molecule has 0 saturated carbocycles. The minimum atomic E-state index is -0.162. The second-order valence-corrected chi connectivity index (χ2v) is 6.64. The molecule has 9 heteroatoms. The topological polar surface area (TPSA) is 118 Å². The number of rotatable bonds is 6. The molecule has 2 N–H and O–H groups in total. The first-order chi connectivity index (χ1) is 14.1. The van der Waals surface area contributed by atoms with E-state index in [4.69, 9.17) is 0 Å². The zero-order valence-electron chi connectivity index (χ0n) is 15.8. The van der Waals surface area contributed by atoms with Gasteiger partial charge in [0.25, 0.3) is 5.56 Å².